The second kappa shape index (κ2) is 11.0. The first-order valence-corrected chi connectivity index (χ1v) is 10.4. The minimum absolute atomic E-state index is 0.0246. The molecule has 13 heteroatoms. The third-order valence-corrected chi connectivity index (χ3v) is 4.81. The highest BCUT2D eigenvalue weighted by atomic mass is 19.1. The number of hydrogen-bond donors (Lipinski definition) is 4. The summed E-state index contributed by atoms with van der Waals surface area (Å²) in [5.74, 6) is -0.414. The lowest BCUT2D eigenvalue weighted by Crippen LogP contribution is -2.42. The van der Waals surface area contributed by atoms with Crippen LogP contribution in [-0.2, 0) is 11.3 Å². The third kappa shape index (κ3) is 5.94. The highest BCUT2D eigenvalue weighted by Gasteiger charge is 2.19. The summed E-state index contributed by atoms with van der Waals surface area (Å²) in [7, 11) is 0. The molecule has 0 saturated carbocycles. The number of hydrogen-bond acceptors (Lipinski definition) is 11. The van der Waals surface area contributed by atoms with Crippen molar-refractivity contribution in [1.29, 1.82) is 5.26 Å². The van der Waals surface area contributed by atoms with Crippen LogP contribution in [0.3, 0.4) is 0 Å². The molecule has 4 N–H and O–H groups in total. The second-order valence-electron chi connectivity index (χ2n) is 7.21. The van der Waals surface area contributed by atoms with Gasteiger partial charge in [0.25, 0.3) is 5.91 Å². The zero-order chi connectivity index (χ0) is 23.8. The molecule has 4 rings (SSSR count). The largest absolute Gasteiger partial charge is 0.380 e. The zero-order valence-corrected chi connectivity index (χ0v) is 18.0. The van der Waals surface area contributed by atoms with E-state index in [0.29, 0.717) is 37.0 Å². The Kier molecular flexibility index (Phi) is 7.43. The van der Waals surface area contributed by atoms with Gasteiger partial charge in [0.2, 0.25) is 0 Å². The zero-order valence-electron chi connectivity index (χ0n) is 18.0. The van der Waals surface area contributed by atoms with E-state index in [-0.39, 0.29) is 29.7 Å². The summed E-state index contributed by atoms with van der Waals surface area (Å²) >= 11 is 0. The van der Waals surface area contributed by atoms with Crippen LogP contribution < -0.4 is 21.3 Å². The first kappa shape index (κ1) is 22.9. The van der Waals surface area contributed by atoms with Crippen LogP contribution in [0.1, 0.15) is 21.9 Å². The van der Waals surface area contributed by atoms with E-state index in [9.17, 15) is 9.18 Å². The lowest BCUT2D eigenvalue weighted by atomic mass is 10.2. The number of nitriles is 1. The number of rotatable bonds is 8. The van der Waals surface area contributed by atoms with Crippen molar-refractivity contribution in [3.8, 4) is 6.07 Å². The van der Waals surface area contributed by atoms with Gasteiger partial charge in [0, 0.05) is 31.9 Å². The Bertz CT molecular complexity index is 1180. The Balaban J connectivity index is 1.51. The predicted octanol–water partition coefficient (Wildman–Crippen LogP) is 0.746. The molecule has 1 saturated heterocycles. The van der Waals surface area contributed by atoms with E-state index in [0.717, 1.165) is 6.54 Å². The Morgan fingerprint density at radius 2 is 2.18 bits per heavy atom. The van der Waals surface area contributed by atoms with Crippen LogP contribution in [0.2, 0.25) is 0 Å². The fourth-order valence-electron chi connectivity index (χ4n) is 3.11. The van der Waals surface area contributed by atoms with Crippen LogP contribution in [0.4, 0.5) is 21.7 Å². The van der Waals surface area contributed by atoms with Crippen molar-refractivity contribution in [2.24, 2.45) is 0 Å². The van der Waals surface area contributed by atoms with E-state index >= 15 is 0 Å². The number of nitrogens with zero attached hydrogens (tertiary/aromatic N) is 6. The number of amides is 1. The minimum atomic E-state index is -0.549. The standard InChI is InChI=1S/C21H21FN10O2/c22-15-2-1-3-25-17(15)11-29-21(33)20-16(27-10-14-9-24-4-5-34-14)6-18(31-32-20)30-19-12-26-13(7-23)8-28-19/h1-3,6,8,12,14,24H,4-5,9-11H2,(H,29,33)(H2,27,28,30,31). The van der Waals surface area contributed by atoms with Crippen molar-refractivity contribution in [3.05, 3.63) is 59.7 Å². The van der Waals surface area contributed by atoms with Gasteiger partial charge in [-0.25, -0.2) is 14.4 Å². The molecule has 1 aliphatic heterocycles. The van der Waals surface area contributed by atoms with Crippen LogP contribution in [0.15, 0.2) is 36.8 Å². The van der Waals surface area contributed by atoms with E-state index in [1.54, 1.807) is 6.07 Å². The topological polar surface area (TPSA) is 163 Å². The number of halogens is 1. The third-order valence-electron chi connectivity index (χ3n) is 4.81. The number of nitrogens with one attached hydrogen (secondary N) is 4. The number of carbonyl (C=O) groups excluding carboxylic acids is 1. The summed E-state index contributed by atoms with van der Waals surface area (Å²) in [6.45, 7) is 2.35. The molecule has 174 valence electrons. The molecule has 1 unspecified atom stereocenters. The molecule has 1 aliphatic rings. The summed E-state index contributed by atoms with van der Waals surface area (Å²) in [5.41, 5.74) is 0.706. The van der Waals surface area contributed by atoms with E-state index in [1.807, 2.05) is 6.07 Å². The van der Waals surface area contributed by atoms with Crippen LogP contribution >= 0.6 is 0 Å². The maximum atomic E-state index is 13.8. The lowest BCUT2D eigenvalue weighted by Gasteiger charge is -2.24. The summed E-state index contributed by atoms with van der Waals surface area (Å²) in [6.07, 6.45) is 4.06. The maximum absolute atomic E-state index is 13.8. The average molecular weight is 464 g/mol. The van der Waals surface area contributed by atoms with E-state index in [4.69, 9.17) is 10.00 Å². The van der Waals surface area contributed by atoms with Gasteiger partial charge in [-0.2, -0.15) is 5.26 Å². The van der Waals surface area contributed by atoms with Gasteiger partial charge >= 0.3 is 0 Å². The number of anilines is 3. The fraction of sp³-hybridized carbons (Fsp3) is 0.286. The molecule has 1 amide bonds. The fourth-order valence-corrected chi connectivity index (χ4v) is 3.11. The van der Waals surface area contributed by atoms with Crippen LogP contribution in [0.25, 0.3) is 0 Å². The molecule has 3 aromatic rings. The van der Waals surface area contributed by atoms with Gasteiger partial charge in [-0.15, -0.1) is 10.2 Å². The van der Waals surface area contributed by atoms with E-state index in [1.165, 1.54) is 30.7 Å². The van der Waals surface area contributed by atoms with Gasteiger partial charge in [0.15, 0.2) is 17.2 Å². The molecule has 12 nitrogen and oxygen atoms in total. The number of carbonyl (C=O) groups is 1. The first-order chi connectivity index (χ1) is 16.6. The van der Waals surface area contributed by atoms with Crippen molar-refractivity contribution >= 4 is 23.2 Å². The van der Waals surface area contributed by atoms with Crippen molar-refractivity contribution in [1.82, 2.24) is 35.8 Å². The molecular weight excluding hydrogens is 443 g/mol. The molecule has 0 radical (unpaired) electrons. The Morgan fingerprint density at radius 1 is 1.26 bits per heavy atom. The molecule has 34 heavy (non-hydrogen) atoms. The predicted molar refractivity (Wildman–Crippen MR) is 119 cm³/mol. The van der Waals surface area contributed by atoms with E-state index < -0.39 is 11.7 Å². The number of morpholine rings is 1. The highest BCUT2D eigenvalue weighted by Crippen LogP contribution is 2.19. The maximum Gasteiger partial charge on any atom is 0.274 e. The molecule has 1 atom stereocenters. The van der Waals surface area contributed by atoms with Crippen molar-refractivity contribution in [3.63, 3.8) is 0 Å². The number of aromatic nitrogens is 5. The molecule has 0 aliphatic carbocycles. The van der Waals surface area contributed by atoms with Crippen LogP contribution in [-0.4, -0.2) is 63.4 Å². The molecule has 0 bridgehead atoms. The molecule has 0 spiro atoms. The smallest absolute Gasteiger partial charge is 0.274 e. The second-order valence-corrected chi connectivity index (χ2v) is 7.21. The quantitative estimate of drug-likeness (QED) is 0.372. The Labute approximate surface area is 194 Å². The van der Waals surface area contributed by atoms with Gasteiger partial charge in [-0.05, 0) is 12.1 Å². The van der Waals surface area contributed by atoms with Crippen molar-refractivity contribution < 1.29 is 13.9 Å². The minimum Gasteiger partial charge on any atom is -0.380 e. The van der Waals surface area contributed by atoms with Crippen molar-refractivity contribution in [2.75, 3.05) is 36.9 Å². The van der Waals surface area contributed by atoms with Gasteiger partial charge in [0.05, 0.1) is 43.0 Å². The van der Waals surface area contributed by atoms with Crippen LogP contribution in [0, 0.1) is 17.1 Å². The monoisotopic (exact) mass is 464 g/mol. The van der Waals surface area contributed by atoms with Gasteiger partial charge in [-0.1, -0.05) is 0 Å². The molecule has 0 aromatic carbocycles. The van der Waals surface area contributed by atoms with Gasteiger partial charge in [0.1, 0.15) is 17.7 Å². The van der Waals surface area contributed by atoms with Gasteiger partial charge in [-0.3, -0.25) is 9.78 Å². The normalized spacial score (nSPS) is 15.2. The summed E-state index contributed by atoms with van der Waals surface area (Å²) in [4.78, 5) is 24.8. The first-order valence-electron chi connectivity index (χ1n) is 10.4. The molecule has 1 fully saturated rings. The summed E-state index contributed by atoms with van der Waals surface area (Å²) < 4.78 is 19.5. The molecular formula is C21H21FN10O2. The van der Waals surface area contributed by atoms with Crippen molar-refractivity contribution in [2.45, 2.75) is 12.6 Å². The molecule has 4 heterocycles. The van der Waals surface area contributed by atoms with Gasteiger partial charge < -0.3 is 26.0 Å². The highest BCUT2D eigenvalue weighted by molar-refractivity contribution is 5.97. The molecule has 3 aromatic heterocycles. The number of pyridine rings is 1. The average Bonchev–Trinajstić information content (AvgIpc) is 2.88. The lowest BCUT2D eigenvalue weighted by molar-refractivity contribution is 0.0372. The summed E-state index contributed by atoms with van der Waals surface area (Å²) in [6, 6.07) is 6.23. The Morgan fingerprint density at radius 3 is 2.91 bits per heavy atom. The van der Waals surface area contributed by atoms with Crippen LogP contribution in [0.5, 0.6) is 0 Å². The van der Waals surface area contributed by atoms with E-state index in [2.05, 4.69) is 46.4 Å². The Hall–Kier alpha value is -4.28. The number of ether oxygens (including phenoxy) is 1. The summed E-state index contributed by atoms with van der Waals surface area (Å²) in [5, 5.41) is 28.9. The SMILES string of the molecule is N#Cc1cnc(Nc2cc(NCC3CNCCO3)c(C(=O)NCc3ncccc3F)nn2)cn1.